The van der Waals surface area contributed by atoms with Gasteiger partial charge in [-0.1, -0.05) is 0 Å². The number of benzene rings is 1. The van der Waals surface area contributed by atoms with Gasteiger partial charge in [0, 0.05) is 0 Å². The minimum atomic E-state index is -4.32. The number of allylic oxidation sites excluding steroid dienone is 2. The third kappa shape index (κ3) is 4.19. The van der Waals surface area contributed by atoms with Crippen LogP contribution in [0.4, 0.5) is 19.0 Å². The van der Waals surface area contributed by atoms with Crippen molar-refractivity contribution in [2.45, 2.75) is 12.6 Å². The Morgan fingerprint density at radius 3 is 2.62 bits per heavy atom. The zero-order valence-electron chi connectivity index (χ0n) is 14.0. The average molecular weight is 421 g/mol. The van der Waals surface area contributed by atoms with E-state index in [-0.39, 0.29) is 6.54 Å². The number of nitrogens with two attached hydrogens (primary N) is 1. The molecule has 0 fully saturated rings. The number of aromatic nitrogens is 1. The molecule has 26 heavy (non-hydrogen) atoms. The van der Waals surface area contributed by atoms with Crippen LogP contribution in [0.25, 0.3) is 11.3 Å². The number of halogens is 3. The summed E-state index contributed by atoms with van der Waals surface area (Å²) in [6.45, 7) is 0.729. The molecule has 1 aromatic heterocycles. The van der Waals surface area contributed by atoms with Crippen LogP contribution in [0.1, 0.15) is 5.56 Å². The summed E-state index contributed by atoms with van der Waals surface area (Å²) >= 11 is 1.14. The first-order chi connectivity index (χ1) is 12.4. The van der Waals surface area contributed by atoms with Crippen molar-refractivity contribution in [2.24, 2.45) is 5.73 Å². The van der Waals surface area contributed by atoms with Crippen LogP contribution in [-0.2, 0) is 6.42 Å². The molecule has 2 N–H and O–H groups in total. The fourth-order valence-electron chi connectivity index (χ4n) is 2.80. The molecule has 1 aliphatic heterocycles. The Kier molecular flexibility index (Phi) is 5.54. The van der Waals surface area contributed by atoms with Gasteiger partial charge < -0.3 is 0 Å². The summed E-state index contributed by atoms with van der Waals surface area (Å²) in [6, 6.07) is 13.6. The SMILES string of the molecule is NCCc1cccc(-c2cccc(N3CC=C(C(F)(F)F)C=C3[AsH2])n2)c1. The molecule has 7 heteroatoms. The molecule has 2 heterocycles. The molecular weight excluding hydrogens is 402 g/mol. The van der Waals surface area contributed by atoms with Crippen molar-refractivity contribution in [1.29, 1.82) is 0 Å². The monoisotopic (exact) mass is 421 g/mol. The van der Waals surface area contributed by atoms with Crippen molar-refractivity contribution in [2.75, 3.05) is 18.0 Å². The van der Waals surface area contributed by atoms with Gasteiger partial charge in [-0.3, -0.25) is 0 Å². The Hall–Kier alpha value is -2.04. The van der Waals surface area contributed by atoms with Crippen LogP contribution in [-0.4, -0.2) is 41.1 Å². The topological polar surface area (TPSA) is 42.1 Å². The summed E-state index contributed by atoms with van der Waals surface area (Å²) in [4.78, 5) is 6.45. The van der Waals surface area contributed by atoms with Crippen LogP contribution in [0, 0.1) is 0 Å². The number of hydrogen-bond donors (Lipinski definition) is 1. The summed E-state index contributed by atoms with van der Waals surface area (Å²) in [7, 11) is 0. The van der Waals surface area contributed by atoms with Gasteiger partial charge in [-0.2, -0.15) is 0 Å². The van der Waals surface area contributed by atoms with Crippen molar-refractivity contribution in [3.05, 3.63) is 70.2 Å². The van der Waals surface area contributed by atoms with Crippen LogP contribution >= 0.6 is 0 Å². The Labute approximate surface area is 158 Å². The molecule has 1 atom stereocenters. The molecule has 0 radical (unpaired) electrons. The van der Waals surface area contributed by atoms with Crippen molar-refractivity contribution in [1.82, 2.24) is 4.98 Å². The van der Waals surface area contributed by atoms with E-state index >= 15 is 0 Å². The molecule has 1 aliphatic rings. The summed E-state index contributed by atoms with van der Waals surface area (Å²) in [5.74, 6) is 0.639. The molecular formula is C19H19AsF3N3. The number of alkyl halides is 3. The third-order valence-corrected chi connectivity index (χ3v) is 5.11. The summed E-state index contributed by atoms with van der Waals surface area (Å²) in [5.41, 5.74) is 7.90. The number of pyridine rings is 1. The predicted molar refractivity (Wildman–Crippen MR) is 101 cm³/mol. The first-order valence-electron chi connectivity index (χ1n) is 8.17. The van der Waals surface area contributed by atoms with Crippen LogP contribution < -0.4 is 10.6 Å². The van der Waals surface area contributed by atoms with Gasteiger partial charge in [0.25, 0.3) is 0 Å². The quantitative estimate of drug-likeness (QED) is 0.772. The minimum absolute atomic E-state index is 0.155. The van der Waals surface area contributed by atoms with Crippen molar-refractivity contribution in [3.8, 4) is 11.3 Å². The predicted octanol–water partition coefficient (Wildman–Crippen LogP) is 3.03. The van der Waals surface area contributed by atoms with Crippen LogP contribution in [0.2, 0.25) is 0 Å². The van der Waals surface area contributed by atoms with E-state index in [9.17, 15) is 13.2 Å². The molecule has 0 amide bonds. The van der Waals surface area contributed by atoms with Gasteiger partial charge in [-0.05, 0) is 0 Å². The normalized spacial score (nSPS) is 14.9. The Bertz CT molecular complexity index is 859. The van der Waals surface area contributed by atoms with Crippen LogP contribution in [0.3, 0.4) is 0 Å². The third-order valence-electron chi connectivity index (χ3n) is 4.10. The Balaban J connectivity index is 1.88. The van der Waals surface area contributed by atoms with E-state index in [1.165, 1.54) is 12.2 Å². The fourth-order valence-corrected chi connectivity index (χ4v) is 3.68. The Morgan fingerprint density at radius 2 is 1.92 bits per heavy atom. The molecule has 0 aliphatic carbocycles. The molecule has 0 saturated heterocycles. The molecule has 0 bridgehead atoms. The van der Waals surface area contributed by atoms with Gasteiger partial charge in [-0.25, -0.2) is 0 Å². The van der Waals surface area contributed by atoms with E-state index in [2.05, 4.69) is 4.98 Å². The van der Waals surface area contributed by atoms with Gasteiger partial charge in [0.1, 0.15) is 0 Å². The zero-order chi connectivity index (χ0) is 18.7. The molecule has 2 aromatic rings. The van der Waals surface area contributed by atoms with E-state index in [1.54, 1.807) is 4.90 Å². The second-order valence-corrected chi connectivity index (χ2v) is 7.20. The van der Waals surface area contributed by atoms with Crippen LogP contribution in [0.15, 0.2) is 64.7 Å². The molecule has 1 unspecified atom stereocenters. The van der Waals surface area contributed by atoms with Crippen molar-refractivity contribution >= 4 is 22.7 Å². The van der Waals surface area contributed by atoms with E-state index in [4.69, 9.17) is 5.73 Å². The molecule has 0 spiro atoms. The van der Waals surface area contributed by atoms with Gasteiger partial charge in [0.2, 0.25) is 0 Å². The molecule has 1 aromatic carbocycles. The Morgan fingerprint density at radius 1 is 1.15 bits per heavy atom. The maximum atomic E-state index is 12.9. The summed E-state index contributed by atoms with van der Waals surface area (Å²) in [5, 5.41) is 0. The van der Waals surface area contributed by atoms with Gasteiger partial charge in [0.15, 0.2) is 0 Å². The van der Waals surface area contributed by atoms with Crippen molar-refractivity contribution in [3.63, 3.8) is 0 Å². The molecule has 3 nitrogen and oxygen atoms in total. The average Bonchev–Trinajstić information content (AvgIpc) is 2.61. The first-order valence-corrected chi connectivity index (χ1v) is 9.38. The van der Waals surface area contributed by atoms with Gasteiger partial charge in [-0.15, -0.1) is 0 Å². The van der Waals surface area contributed by atoms with E-state index in [0.29, 0.717) is 16.8 Å². The van der Waals surface area contributed by atoms with E-state index < -0.39 is 11.7 Å². The number of nitrogens with zero attached hydrogens (tertiary/aromatic N) is 2. The van der Waals surface area contributed by atoms with E-state index in [1.807, 2.05) is 42.5 Å². The fraction of sp³-hybridized carbons (Fsp3) is 0.211. The molecule has 136 valence electrons. The number of rotatable bonds is 4. The maximum absolute atomic E-state index is 12.9. The van der Waals surface area contributed by atoms with E-state index in [0.717, 1.165) is 40.1 Å². The number of hydrogen-bond acceptors (Lipinski definition) is 3. The second-order valence-electron chi connectivity index (χ2n) is 5.96. The summed E-state index contributed by atoms with van der Waals surface area (Å²) in [6.07, 6.45) is -1.16. The van der Waals surface area contributed by atoms with Gasteiger partial charge in [0.05, 0.1) is 0 Å². The number of anilines is 1. The van der Waals surface area contributed by atoms with Crippen LogP contribution in [0.5, 0.6) is 0 Å². The molecule has 3 rings (SSSR count). The summed E-state index contributed by atoms with van der Waals surface area (Å²) < 4.78 is 39.2. The van der Waals surface area contributed by atoms with Gasteiger partial charge >= 0.3 is 159 Å². The van der Waals surface area contributed by atoms with Crippen molar-refractivity contribution < 1.29 is 13.2 Å². The first kappa shape index (κ1) is 18.7. The second kappa shape index (κ2) is 7.68. The molecule has 0 saturated carbocycles. The zero-order valence-corrected chi connectivity index (χ0v) is 16.4. The standard InChI is InChI=1S/C19H19AsF3N3/c20-17-12-15(19(21,22)23)8-10-26(17)18-6-2-5-16(25-18)14-4-1-3-13(11-14)7-9-24/h1-6,8,11-12H,7,9-10,20,24H2.